The molecule has 0 spiro atoms. The molecule has 1 unspecified atom stereocenters. The Morgan fingerprint density at radius 1 is 1.11 bits per heavy atom. The molecule has 10 heteroatoms. The van der Waals surface area contributed by atoms with Gasteiger partial charge in [0, 0.05) is 26.1 Å². The van der Waals surface area contributed by atoms with Crippen LogP contribution in [-0.4, -0.2) is 43.2 Å². The number of ether oxygens (including phenoxy) is 1. The van der Waals surface area contributed by atoms with E-state index in [0.29, 0.717) is 35.3 Å². The molecule has 2 aromatic rings. The van der Waals surface area contributed by atoms with E-state index in [1.165, 1.54) is 30.2 Å². The summed E-state index contributed by atoms with van der Waals surface area (Å²) in [7, 11) is 3.28. The van der Waals surface area contributed by atoms with Gasteiger partial charge in [-0.1, -0.05) is 13.8 Å². The molecule has 0 aliphatic heterocycles. The van der Waals surface area contributed by atoms with Gasteiger partial charge in [0.05, 0.1) is 12.9 Å². The van der Waals surface area contributed by atoms with Crippen LogP contribution < -0.4 is 16.6 Å². The van der Waals surface area contributed by atoms with Gasteiger partial charge in [0.15, 0.2) is 11.2 Å². The standard InChI is InChI=1S/C26H37N5O5/c1-15(2)19(28-24(34)26-11-16-8-17(12-26)10-18(9-16)13-26)23(33)36-7-5-6-31-22(32)20-21(27-14-29(20)3)30(4)25(31)35/h14-19H,5-13H2,1-4H3,(H,28,34). The summed E-state index contributed by atoms with van der Waals surface area (Å²) < 4.78 is 9.60. The highest BCUT2D eigenvalue weighted by molar-refractivity contribution is 5.88. The number of rotatable bonds is 8. The summed E-state index contributed by atoms with van der Waals surface area (Å²) in [5.41, 5.74) is -0.512. The Morgan fingerprint density at radius 2 is 1.72 bits per heavy atom. The van der Waals surface area contributed by atoms with E-state index in [2.05, 4.69) is 10.3 Å². The van der Waals surface area contributed by atoms with Crippen LogP contribution in [0.5, 0.6) is 0 Å². The molecule has 2 heterocycles. The zero-order valence-electron chi connectivity index (χ0n) is 21.7. The van der Waals surface area contributed by atoms with Crippen LogP contribution in [0.2, 0.25) is 0 Å². The number of hydrogen-bond donors (Lipinski definition) is 1. The van der Waals surface area contributed by atoms with E-state index >= 15 is 0 Å². The van der Waals surface area contributed by atoms with Gasteiger partial charge in [-0.25, -0.2) is 14.6 Å². The van der Waals surface area contributed by atoms with Gasteiger partial charge in [0.2, 0.25) is 5.91 Å². The molecule has 4 saturated carbocycles. The molecule has 1 N–H and O–H groups in total. The quantitative estimate of drug-likeness (QED) is 0.437. The fraction of sp³-hybridized carbons (Fsp3) is 0.731. The predicted octanol–water partition coefficient (Wildman–Crippen LogP) is 1.72. The molecule has 6 rings (SSSR count). The molecule has 10 nitrogen and oxygen atoms in total. The second-order valence-electron chi connectivity index (χ2n) is 11.7. The van der Waals surface area contributed by atoms with Crippen molar-refractivity contribution in [2.24, 2.45) is 43.2 Å². The maximum Gasteiger partial charge on any atom is 0.332 e. The maximum absolute atomic E-state index is 13.4. The third-order valence-electron chi connectivity index (χ3n) is 8.70. The molecule has 4 bridgehead atoms. The Balaban J connectivity index is 1.20. The van der Waals surface area contributed by atoms with Crippen LogP contribution in [-0.2, 0) is 35.0 Å². The average molecular weight is 500 g/mol. The summed E-state index contributed by atoms with van der Waals surface area (Å²) in [6.45, 7) is 3.97. The molecule has 0 aromatic carbocycles. The van der Waals surface area contributed by atoms with Crippen molar-refractivity contribution < 1.29 is 14.3 Å². The third kappa shape index (κ3) is 4.18. The normalized spacial score (nSPS) is 27.5. The predicted molar refractivity (Wildman–Crippen MR) is 133 cm³/mol. The second-order valence-corrected chi connectivity index (χ2v) is 11.7. The first-order valence-electron chi connectivity index (χ1n) is 13.2. The summed E-state index contributed by atoms with van der Waals surface area (Å²) in [6.07, 6.45) is 8.38. The molecule has 1 atom stereocenters. The number of amides is 1. The van der Waals surface area contributed by atoms with Crippen molar-refractivity contribution in [3.05, 3.63) is 27.2 Å². The minimum absolute atomic E-state index is 0.0109. The highest BCUT2D eigenvalue weighted by Gasteiger charge is 2.55. The highest BCUT2D eigenvalue weighted by atomic mass is 16.5. The number of carbonyl (C=O) groups is 2. The Morgan fingerprint density at radius 3 is 2.31 bits per heavy atom. The number of hydrogen-bond acceptors (Lipinski definition) is 6. The first kappa shape index (κ1) is 24.8. The Labute approximate surface area is 210 Å². The number of nitrogens with one attached hydrogen (secondary N) is 1. The van der Waals surface area contributed by atoms with Crippen molar-refractivity contribution in [1.29, 1.82) is 0 Å². The van der Waals surface area contributed by atoms with Gasteiger partial charge in [0.1, 0.15) is 6.04 Å². The van der Waals surface area contributed by atoms with E-state index in [1.807, 2.05) is 13.8 Å². The van der Waals surface area contributed by atoms with Crippen molar-refractivity contribution in [2.45, 2.75) is 71.4 Å². The highest BCUT2D eigenvalue weighted by Crippen LogP contribution is 2.60. The lowest BCUT2D eigenvalue weighted by Crippen LogP contribution is -2.57. The summed E-state index contributed by atoms with van der Waals surface area (Å²) in [6, 6.07) is -0.716. The molecule has 4 aliphatic rings. The third-order valence-corrected chi connectivity index (χ3v) is 8.70. The van der Waals surface area contributed by atoms with Crippen LogP contribution in [0.25, 0.3) is 11.2 Å². The van der Waals surface area contributed by atoms with Crippen molar-refractivity contribution in [3.8, 4) is 0 Å². The van der Waals surface area contributed by atoms with Crippen molar-refractivity contribution in [2.75, 3.05) is 6.61 Å². The molecule has 4 fully saturated rings. The minimum Gasteiger partial charge on any atom is -0.464 e. The van der Waals surface area contributed by atoms with E-state index < -0.39 is 23.3 Å². The molecular weight excluding hydrogens is 462 g/mol. The summed E-state index contributed by atoms with van der Waals surface area (Å²) in [5.74, 6) is 1.37. The second kappa shape index (κ2) is 9.19. The molecule has 4 aliphatic carbocycles. The monoisotopic (exact) mass is 499 g/mol. The number of imidazole rings is 1. The van der Waals surface area contributed by atoms with Gasteiger partial charge >= 0.3 is 11.7 Å². The van der Waals surface area contributed by atoms with Crippen LogP contribution in [0.15, 0.2) is 15.9 Å². The van der Waals surface area contributed by atoms with Crippen molar-refractivity contribution in [1.82, 2.24) is 24.0 Å². The van der Waals surface area contributed by atoms with Crippen LogP contribution in [0.1, 0.15) is 58.8 Å². The Hall–Kier alpha value is -2.91. The van der Waals surface area contributed by atoms with E-state index in [4.69, 9.17) is 4.74 Å². The lowest BCUT2D eigenvalue weighted by Gasteiger charge is -2.55. The van der Waals surface area contributed by atoms with Gasteiger partial charge in [-0.3, -0.25) is 18.7 Å². The van der Waals surface area contributed by atoms with Gasteiger partial charge in [-0.2, -0.15) is 0 Å². The molecule has 2 aromatic heterocycles. The first-order valence-corrected chi connectivity index (χ1v) is 13.2. The Kier molecular flexibility index (Phi) is 6.32. The van der Waals surface area contributed by atoms with Crippen molar-refractivity contribution >= 4 is 23.0 Å². The first-order chi connectivity index (χ1) is 17.1. The van der Waals surface area contributed by atoms with Gasteiger partial charge < -0.3 is 14.6 Å². The van der Waals surface area contributed by atoms with Crippen LogP contribution >= 0.6 is 0 Å². The molecule has 36 heavy (non-hydrogen) atoms. The number of aromatic nitrogens is 4. The number of esters is 1. The van der Waals surface area contributed by atoms with Crippen molar-refractivity contribution in [3.63, 3.8) is 0 Å². The number of aryl methyl sites for hydroxylation is 2. The van der Waals surface area contributed by atoms with Crippen LogP contribution in [0.3, 0.4) is 0 Å². The summed E-state index contributed by atoms with van der Waals surface area (Å²) in [4.78, 5) is 56.0. The number of nitrogens with zero attached hydrogens (tertiary/aromatic N) is 4. The minimum atomic E-state index is -0.716. The number of fused-ring (bicyclic) bond motifs is 1. The van der Waals surface area contributed by atoms with E-state index in [0.717, 1.165) is 23.8 Å². The zero-order valence-corrected chi connectivity index (χ0v) is 21.7. The van der Waals surface area contributed by atoms with Crippen LogP contribution in [0, 0.1) is 29.1 Å². The number of carbonyl (C=O) groups excluding carboxylic acids is 2. The largest absolute Gasteiger partial charge is 0.464 e. The topological polar surface area (TPSA) is 117 Å². The smallest absolute Gasteiger partial charge is 0.332 e. The molecule has 1 amide bonds. The van der Waals surface area contributed by atoms with Crippen LogP contribution in [0.4, 0.5) is 0 Å². The van der Waals surface area contributed by atoms with E-state index in [1.54, 1.807) is 18.7 Å². The molecular formula is C26H37N5O5. The van der Waals surface area contributed by atoms with Gasteiger partial charge in [-0.15, -0.1) is 0 Å². The lowest BCUT2D eigenvalue weighted by molar-refractivity contribution is -0.155. The van der Waals surface area contributed by atoms with E-state index in [-0.39, 0.29) is 30.4 Å². The molecule has 0 radical (unpaired) electrons. The summed E-state index contributed by atoms with van der Waals surface area (Å²) >= 11 is 0. The Bertz CT molecular complexity index is 1270. The average Bonchev–Trinajstić information content (AvgIpc) is 3.20. The van der Waals surface area contributed by atoms with Gasteiger partial charge in [-0.05, 0) is 68.6 Å². The molecule has 0 saturated heterocycles. The maximum atomic E-state index is 13.4. The molecule has 196 valence electrons. The lowest BCUT2D eigenvalue weighted by atomic mass is 9.49. The SMILES string of the molecule is CC(C)C(NC(=O)C12CC3CC(CC(C3)C1)C2)C(=O)OCCCn1c(=O)c2c(ncn2C)n(C)c1=O. The fourth-order valence-corrected chi connectivity index (χ4v) is 7.26. The fourth-order valence-electron chi connectivity index (χ4n) is 7.26. The van der Waals surface area contributed by atoms with E-state index in [9.17, 15) is 19.2 Å². The van der Waals surface area contributed by atoms with Gasteiger partial charge in [0.25, 0.3) is 5.56 Å². The zero-order chi connectivity index (χ0) is 25.8. The summed E-state index contributed by atoms with van der Waals surface area (Å²) in [5, 5.41) is 3.05.